The molecule has 0 fully saturated rings. The highest BCUT2D eigenvalue weighted by atomic mass is 35.5. The molecule has 1 aromatic heterocycles. The first-order valence-corrected chi connectivity index (χ1v) is 5.34. The lowest BCUT2D eigenvalue weighted by Crippen LogP contribution is -2.12. The molecule has 17 heavy (non-hydrogen) atoms. The summed E-state index contributed by atoms with van der Waals surface area (Å²) in [5.74, 6) is -0.435. The van der Waals surface area contributed by atoms with E-state index in [1.165, 1.54) is 6.33 Å². The van der Waals surface area contributed by atoms with Crippen molar-refractivity contribution in [3.63, 3.8) is 0 Å². The summed E-state index contributed by atoms with van der Waals surface area (Å²) >= 11 is 5.79. The molecule has 0 aliphatic rings. The lowest BCUT2D eigenvalue weighted by molar-refractivity contribution is 0.1000. The van der Waals surface area contributed by atoms with Crippen molar-refractivity contribution >= 4 is 17.5 Å². The van der Waals surface area contributed by atoms with Gasteiger partial charge >= 0.3 is 0 Å². The molecule has 2 N–H and O–H groups in total. The van der Waals surface area contributed by atoms with Crippen molar-refractivity contribution in [1.29, 1.82) is 0 Å². The Bertz CT molecular complexity index is 584. The normalized spacial score (nSPS) is 10.2. The largest absolute Gasteiger partial charge is 0.366 e. The maximum atomic E-state index is 11.1. The lowest BCUT2D eigenvalue weighted by atomic mass is 10.0. The molecule has 0 atom stereocenters. The highest BCUT2D eigenvalue weighted by molar-refractivity contribution is 6.29. The first-order chi connectivity index (χ1) is 8.08. The van der Waals surface area contributed by atoms with Gasteiger partial charge in [-0.25, -0.2) is 9.97 Å². The van der Waals surface area contributed by atoms with Crippen LogP contribution in [-0.2, 0) is 0 Å². The number of benzene rings is 1. The molecule has 86 valence electrons. The third-order valence-electron chi connectivity index (χ3n) is 2.42. The molecule has 1 amide bonds. The van der Waals surface area contributed by atoms with Crippen molar-refractivity contribution in [3.8, 4) is 11.3 Å². The number of halogens is 1. The smallest absolute Gasteiger partial charge is 0.248 e. The van der Waals surface area contributed by atoms with Gasteiger partial charge in [0.05, 0.1) is 5.69 Å². The van der Waals surface area contributed by atoms with Crippen LogP contribution < -0.4 is 5.73 Å². The van der Waals surface area contributed by atoms with Gasteiger partial charge in [-0.1, -0.05) is 17.7 Å². The molecule has 0 saturated heterocycles. The van der Waals surface area contributed by atoms with Crippen LogP contribution in [0.4, 0.5) is 0 Å². The van der Waals surface area contributed by atoms with Crippen LogP contribution in [0.25, 0.3) is 11.3 Å². The number of carbonyl (C=O) groups is 1. The minimum atomic E-state index is -0.435. The molecule has 0 aliphatic heterocycles. The van der Waals surface area contributed by atoms with E-state index >= 15 is 0 Å². The van der Waals surface area contributed by atoms with Crippen LogP contribution >= 0.6 is 11.6 Å². The van der Waals surface area contributed by atoms with Crippen LogP contribution in [0, 0.1) is 6.92 Å². The minimum absolute atomic E-state index is 0.381. The number of hydrogen-bond acceptors (Lipinski definition) is 3. The van der Waals surface area contributed by atoms with E-state index in [2.05, 4.69) is 9.97 Å². The summed E-state index contributed by atoms with van der Waals surface area (Å²) in [6, 6.07) is 6.98. The average molecular weight is 248 g/mol. The number of rotatable bonds is 2. The van der Waals surface area contributed by atoms with Gasteiger partial charge in [0, 0.05) is 17.2 Å². The molecule has 5 heteroatoms. The number of aromatic nitrogens is 2. The molecule has 2 rings (SSSR count). The van der Waals surface area contributed by atoms with Gasteiger partial charge in [0.25, 0.3) is 0 Å². The molecule has 1 aromatic carbocycles. The van der Waals surface area contributed by atoms with E-state index in [1.807, 2.05) is 13.0 Å². The van der Waals surface area contributed by atoms with Crippen LogP contribution in [0.15, 0.2) is 30.6 Å². The SMILES string of the molecule is Cc1cc(-c2cc(Cl)ncn2)ccc1C(N)=O. The number of nitrogens with zero attached hydrogens (tertiary/aromatic N) is 2. The Hall–Kier alpha value is -1.94. The van der Waals surface area contributed by atoms with Gasteiger partial charge in [-0.15, -0.1) is 0 Å². The maximum Gasteiger partial charge on any atom is 0.248 e. The van der Waals surface area contributed by atoms with Crippen LogP contribution in [0.1, 0.15) is 15.9 Å². The standard InChI is InChI=1S/C12H10ClN3O/c1-7-4-8(2-3-9(7)12(14)17)10-5-11(13)16-6-15-10/h2-6H,1H3,(H2,14,17). The van der Waals surface area contributed by atoms with Crippen LogP contribution in [-0.4, -0.2) is 15.9 Å². The van der Waals surface area contributed by atoms with Crippen LogP contribution in [0.5, 0.6) is 0 Å². The molecule has 4 nitrogen and oxygen atoms in total. The summed E-state index contributed by atoms with van der Waals surface area (Å²) in [5, 5.41) is 0.381. The van der Waals surface area contributed by atoms with E-state index in [-0.39, 0.29) is 0 Å². The Labute approximate surface area is 103 Å². The second-order valence-corrected chi connectivity index (χ2v) is 4.01. The molecule has 0 bridgehead atoms. The second kappa shape index (κ2) is 4.51. The first-order valence-electron chi connectivity index (χ1n) is 4.96. The van der Waals surface area contributed by atoms with E-state index < -0.39 is 5.91 Å². The Kier molecular flexibility index (Phi) is 3.06. The van der Waals surface area contributed by atoms with Crippen molar-refractivity contribution in [2.45, 2.75) is 6.92 Å². The Balaban J connectivity index is 2.48. The first kappa shape index (κ1) is 11.5. The van der Waals surface area contributed by atoms with Crippen LogP contribution in [0.3, 0.4) is 0 Å². The quantitative estimate of drug-likeness (QED) is 0.827. The number of aryl methyl sites for hydroxylation is 1. The summed E-state index contributed by atoms with van der Waals surface area (Å²) in [4.78, 5) is 19.0. The zero-order valence-electron chi connectivity index (χ0n) is 9.14. The minimum Gasteiger partial charge on any atom is -0.366 e. The van der Waals surface area contributed by atoms with Crippen molar-refractivity contribution < 1.29 is 4.79 Å². The number of amides is 1. The van der Waals surface area contributed by atoms with Gasteiger partial charge in [-0.2, -0.15) is 0 Å². The molecular formula is C12H10ClN3O. The summed E-state index contributed by atoms with van der Waals surface area (Å²) < 4.78 is 0. The van der Waals surface area contributed by atoms with E-state index in [4.69, 9.17) is 17.3 Å². The zero-order chi connectivity index (χ0) is 12.4. The van der Waals surface area contributed by atoms with Crippen LogP contribution in [0.2, 0.25) is 5.15 Å². The van der Waals surface area contributed by atoms with E-state index in [0.29, 0.717) is 16.4 Å². The van der Waals surface area contributed by atoms with E-state index in [9.17, 15) is 4.79 Å². The Morgan fingerprint density at radius 1 is 1.29 bits per heavy atom. The van der Waals surface area contributed by atoms with Gasteiger partial charge in [0.2, 0.25) is 5.91 Å². The molecule has 0 unspecified atom stereocenters. The topological polar surface area (TPSA) is 68.9 Å². The van der Waals surface area contributed by atoms with Gasteiger partial charge in [-0.05, 0) is 24.6 Å². The fraction of sp³-hybridized carbons (Fsp3) is 0.0833. The maximum absolute atomic E-state index is 11.1. The molecule has 0 aliphatic carbocycles. The number of primary amides is 1. The summed E-state index contributed by atoms with van der Waals surface area (Å²) in [5.41, 5.74) is 8.14. The third kappa shape index (κ3) is 2.42. The predicted molar refractivity (Wildman–Crippen MR) is 65.7 cm³/mol. The van der Waals surface area contributed by atoms with Gasteiger partial charge < -0.3 is 5.73 Å². The highest BCUT2D eigenvalue weighted by Gasteiger charge is 2.07. The van der Waals surface area contributed by atoms with E-state index in [1.54, 1.807) is 18.2 Å². The average Bonchev–Trinajstić information content (AvgIpc) is 2.28. The van der Waals surface area contributed by atoms with Crippen molar-refractivity contribution in [2.24, 2.45) is 5.73 Å². The van der Waals surface area contributed by atoms with E-state index in [0.717, 1.165) is 11.1 Å². The lowest BCUT2D eigenvalue weighted by Gasteiger charge is -2.05. The molecule has 0 saturated carbocycles. The third-order valence-corrected chi connectivity index (χ3v) is 2.63. The van der Waals surface area contributed by atoms with Crippen molar-refractivity contribution in [2.75, 3.05) is 0 Å². The summed E-state index contributed by atoms with van der Waals surface area (Å²) in [7, 11) is 0. The van der Waals surface area contributed by atoms with Gasteiger partial charge in [0.15, 0.2) is 0 Å². The summed E-state index contributed by atoms with van der Waals surface area (Å²) in [6.07, 6.45) is 1.40. The number of hydrogen-bond donors (Lipinski definition) is 1. The van der Waals surface area contributed by atoms with Gasteiger partial charge in [0.1, 0.15) is 11.5 Å². The molecule has 0 radical (unpaired) electrons. The monoisotopic (exact) mass is 247 g/mol. The number of carbonyl (C=O) groups excluding carboxylic acids is 1. The predicted octanol–water partition coefficient (Wildman–Crippen LogP) is 2.20. The molecule has 2 aromatic rings. The zero-order valence-corrected chi connectivity index (χ0v) is 9.90. The fourth-order valence-electron chi connectivity index (χ4n) is 1.59. The Morgan fingerprint density at radius 3 is 2.65 bits per heavy atom. The summed E-state index contributed by atoms with van der Waals surface area (Å²) in [6.45, 7) is 1.83. The van der Waals surface area contributed by atoms with Gasteiger partial charge in [-0.3, -0.25) is 4.79 Å². The fourth-order valence-corrected chi connectivity index (χ4v) is 1.74. The number of nitrogens with two attached hydrogens (primary N) is 1. The molecule has 0 spiro atoms. The van der Waals surface area contributed by atoms with Crippen molar-refractivity contribution in [3.05, 3.63) is 46.9 Å². The molecular weight excluding hydrogens is 238 g/mol. The second-order valence-electron chi connectivity index (χ2n) is 3.62. The highest BCUT2D eigenvalue weighted by Crippen LogP contribution is 2.21. The molecule has 1 heterocycles. The van der Waals surface area contributed by atoms with Crippen molar-refractivity contribution in [1.82, 2.24) is 9.97 Å². The Morgan fingerprint density at radius 2 is 2.06 bits per heavy atom.